The second-order valence-corrected chi connectivity index (χ2v) is 4.79. The van der Waals surface area contributed by atoms with Gasteiger partial charge >= 0.3 is 0 Å². The van der Waals surface area contributed by atoms with Gasteiger partial charge in [0.2, 0.25) is 0 Å². The molecule has 3 aromatic rings. The van der Waals surface area contributed by atoms with E-state index in [2.05, 4.69) is 9.97 Å². The van der Waals surface area contributed by atoms with Crippen molar-refractivity contribution in [2.24, 2.45) is 0 Å². The van der Waals surface area contributed by atoms with Crippen molar-refractivity contribution >= 4 is 16.7 Å². The van der Waals surface area contributed by atoms with Crippen LogP contribution in [0.15, 0.2) is 30.3 Å². The smallest absolute Gasteiger partial charge is 0.140 e. The molecule has 0 atom stereocenters. The molecule has 19 heavy (non-hydrogen) atoms. The lowest BCUT2D eigenvalue weighted by Gasteiger charge is -2.07. The Morgan fingerprint density at radius 3 is 2.74 bits per heavy atom. The van der Waals surface area contributed by atoms with Crippen LogP contribution in [-0.4, -0.2) is 9.97 Å². The van der Waals surface area contributed by atoms with Crippen LogP contribution in [0.25, 0.3) is 22.4 Å². The van der Waals surface area contributed by atoms with Gasteiger partial charge in [-0.1, -0.05) is 6.07 Å². The van der Waals surface area contributed by atoms with E-state index in [1.807, 2.05) is 26.0 Å². The number of nitrogens with zero attached hydrogens (tertiary/aromatic N) is 1. The fraction of sp³-hybridized carbons (Fsp3) is 0.133. The number of benzene rings is 2. The van der Waals surface area contributed by atoms with Crippen molar-refractivity contribution in [2.45, 2.75) is 13.8 Å². The molecule has 2 aromatic carbocycles. The van der Waals surface area contributed by atoms with Crippen molar-refractivity contribution in [3.63, 3.8) is 0 Å². The highest BCUT2D eigenvalue weighted by Gasteiger charge is 2.11. The third kappa shape index (κ3) is 1.95. The van der Waals surface area contributed by atoms with Crippen LogP contribution in [0.1, 0.15) is 11.1 Å². The lowest BCUT2D eigenvalue weighted by molar-refractivity contribution is 0.629. The molecular formula is C15H14FN3. The van der Waals surface area contributed by atoms with E-state index in [1.54, 1.807) is 6.07 Å². The summed E-state index contributed by atoms with van der Waals surface area (Å²) < 4.78 is 13.2. The van der Waals surface area contributed by atoms with Crippen LogP contribution >= 0.6 is 0 Å². The second-order valence-electron chi connectivity index (χ2n) is 4.79. The first-order valence-corrected chi connectivity index (χ1v) is 6.07. The Balaban J connectivity index is 2.24. The molecule has 0 saturated carbocycles. The maximum Gasteiger partial charge on any atom is 0.140 e. The summed E-state index contributed by atoms with van der Waals surface area (Å²) >= 11 is 0. The standard InChI is InChI=1S/C15H14FN3/c1-8-5-9(2)14(17)11(6-8)15-18-12-4-3-10(16)7-13(12)19-15/h3-7H,17H2,1-2H3,(H,18,19). The van der Waals surface area contributed by atoms with E-state index < -0.39 is 0 Å². The zero-order valence-electron chi connectivity index (χ0n) is 10.8. The van der Waals surface area contributed by atoms with E-state index in [0.717, 1.165) is 22.2 Å². The number of anilines is 1. The minimum Gasteiger partial charge on any atom is -0.398 e. The minimum atomic E-state index is -0.281. The molecule has 96 valence electrons. The molecule has 0 fully saturated rings. The summed E-state index contributed by atoms with van der Waals surface area (Å²) in [4.78, 5) is 7.58. The molecule has 0 bridgehead atoms. The molecule has 0 amide bonds. The lowest BCUT2D eigenvalue weighted by atomic mass is 10.0. The highest BCUT2D eigenvalue weighted by molar-refractivity contribution is 5.83. The minimum absolute atomic E-state index is 0.281. The van der Waals surface area contributed by atoms with Crippen LogP contribution in [0.4, 0.5) is 10.1 Å². The summed E-state index contributed by atoms with van der Waals surface area (Å²) in [6, 6.07) is 8.50. The predicted molar refractivity (Wildman–Crippen MR) is 75.4 cm³/mol. The quantitative estimate of drug-likeness (QED) is 0.653. The number of hydrogen-bond donors (Lipinski definition) is 2. The van der Waals surface area contributed by atoms with Gasteiger partial charge in [0.1, 0.15) is 11.6 Å². The number of nitrogens with two attached hydrogens (primary N) is 1. The van der Waals surface area contributed by atoms with Gasteiger partial charge in [-0.25, -0.2) is 9.37 Å². The highest BCUT2D eigenvalue weighted by Crippen LogP contribution is 2.29. The molecule has 0 saturated heterocycles. The molecule has 0 unspecified atom stereocenters. The van der Waals surface area contributed by atoms with Gasteiger partial charge in [0.15, 0.2) is 0 Å². The lowest BCUT2D eigenvalue weighted by Crippen LogP contribution is -1.95. The number of imidazole rings is 1. The molecule has 0 aliphatic carbocycles. The molecule has 0 aliphatic rings. The Morgan fingerprint density at radius 1 is 1.16 bits per heavy atom. The molecule has 1 heterocycles. The maximum atomic E-state index is 13.2. The van der Waals surface area contributed by atoms with Crippen LogP contribution in [0.2, 0.25) is 0 Å². The fourth-order valence-electron chi connectivity index (χ4n) is 2.28. The van der Waals surface area contributed by atoms with Crippen LogP contribution in [0.3, 0.4) is 0 Å². The molecule has 0 spiro atoms. The van der Waals surface area contributed by atoms with Crippen molar-refractivity contribution in [2.75, 3.05) is 5.73 Å². The zero-order valence-corrected chi connectivity index (χ0v) is 10.8. The molecular weight excluding hydrogens is 241 g/mol. The van der Waals surface area contributed by atoms with Crippen molar-refractivity contribution in [1.82, 2.24) is 9.97 Å². The maximum absolute atomic E-state index is 13.2. The highest BCUT2D eigenvalue weighted by atomic mass is 19.1. The zero-order chi connectivity index (χ0) is 13.6. The van der Waals surface area contributed by atoms with E-state index in [-0.39, 0.29) is 5.82 Å². The largest absolute Gasteiger partial charge is 0.398 e. The first kappa shape index (κ1) is 11.7. The van der Waals surface area contributed by atoms with E-state index in [9.17, 15) is 4.39 Å². The van der Waals surface area contributed by atoms with Gasteiger partial charge < -0.3 is 10.7 Å². The van der Waals surface area contributed by atoms with E-state index >= 15 is 0 Å². The summed E-state index contributed by atoms with van der Waals surface area (Å²) in [6.45, 7) is 3.98. The van der Waals surface area contributed by atoms with Crippen LogP contribution < -0.4 is 5.73 Å². The summed E-state index contributed by atoms with van der Waals surface area (Å²) in [5, 5.41) is 0. The average Bonchev–Trinajstić information content (AvgIpc) is 2.76. The van der Waals surface area contributed by atoms with Crippen LogP contribution in [0, 0.1) is 19.7 Å². The van der Waals surface area contributed by atoms with Crippen LogP contribution in [0.5, 0.6) is 0 Å². The monoisotopic (exact) mass is 255 g/mol. The summed E-state index contributed by atoms with van der Waals surface area (Å²) in [5.74, 6) is 0.390. The Kier molecular flexibility index (Phi) is 2.52. The molecule has 1 aromatic heterocycles. The number of fused-ring (bicyclic) bond motifs is 1. The molecule has 0 radical (unpaired) electrons. The molecule has 0 aliphatic heterocycles. The van der Waals surface area contributed by atoms with Gasteiger partial charge in [0, 0.05) is 11.3 Å². The summed E-state index contributed by atoms with van der Waals surface area (Å²) in [6.07, 6.45) is 0. The second kappa shape index (κ2) is 4.09. The molecule has 4 heteroatoms. The van der Waals surface area contributed by atoms with Gasteiger partial charge in [-0.2, -0.15) is 0 Å². The Hall–Kier alpha value is -2.36. The number of aromatic nitrogens is 2. The predicted octanol–water partition coefficient (Wildman–Crippen LogP) is 3.57. The summed E-state index contributed by atoms with van der Waals surface area (Å²) in [7, 11) is 0. The Labute approximate surface area is 110 Å². The third-order valence-corrected chi connectivity index (χ3v) is 3.23. The van der Waals surface area contributed by atoms with Gasteiger partial charge in [-0.05, 0) is 49.2 Å². The number of nitrogen functional groups attached to an aromatic ring is 1. The Morgan fingerprint density at radius 2 is 1.95 bits per heavy atom. The Bertz CT molecular complexity index is 774. The molecule has 3 nitrogen and oxygen atoms in total. The number of rotatable bonds is 1. The van der Waals surface area contributed by atoms with Gasteiger partial charge in [-0.3, -0.25) is 0 Å². The van der Waals surface area contributed by atoms with Crippen molar-refractivity contribution in [1.29, 1.82) is 0 Å². The number of aromatic amines is 1. The molecule has 3 rings (SSSR count). The van der Waals surface area contributed by atoms with Gasteiger partial charge in [-0.15, -0.1) is 0 Å². The van der Waals surface area contributed by atoms with Crippen molar-refractivity contribution < 1.29 is 4.39 Å². The first-order valence-electron chi connectivity index (χ1n) is 6.07. The third-order valence-electron chi connectivity index (χ3n) is 3.23. The normalized spacial score (nSPS) is 11.1. The van der Waals surface area contributed by atoms with Crippen LogP contribution in [-0.2, 0) is 0 Å². The number of halogens is 1. The van der Waals surface area contributed by atoms with E-state index in [1.165, 1.54) is 12.1 Å². The van der Waals surface area contributed by atoms with Gasteiger partial charge in [0.25, 0.3) is 0 Å². The van der Waals surface area contributed by atoms with E-state index in [0.29, 0.717) is 17.0 Å². The fourth-order valence-corrected chi connectivity index (χ4v) is 2.28. The number of hydrogen-bond acceptors (Lipinski definition) is 2. The number of nitrogens with one attached hydrogen (secondary N) is 1. The van der Waals surface area contributed by atoms with Crippen molar-refractivity contribution in [3.8, 4) is 11.4 Å². The average molecular weight is 255 g/mol. The molecule has 3 N–H and O–H groups in total. The van der Waals surface area contributed by atoms with Gasteiger partial charge in [0.05, 0.1) is 11.0 Å². The number of aryl methyl sites for hydroxylation is 2. The topological polar surface area (TPSA) is 54.7 Å². The van der Waals surface area contributed by atoms with Crippen molar-refractivity contribution in [3.05, 3.63) is 47.3 Å². The number of H-pyrrole nitrogens is 1. The first-order chi connectivity index (χ1) is 9.04. The summed E-state index contributed by atoms with van der Waals surface area (Å²) in [5.41, 5.74) is 11.2. The van der Waals surface area contributed by atoms with E-state index in [4.69, 9.17) is 5.73 Å². The SMILES string of the molecule is Cc1cc(C)c(N)c(-c2nc3ccc(F)cc3[nH]2)c1.